The maximum absolute atomic E-state index is 5.68. The van der Waals surface area contributed by atoms with Crippen LogP contribution in [0.5, 0.6) is 0 Å². The number of nitrogens with one attached hydrogen (secondary N) is 1. The molecule has 0 saturated heterocycles. The fourth-order valence-corrected chi connectivity index (χ4v) is 1.43. The van der Waals surface area contributed by atoms with Gasteiger partial charge in [0.25, 0.3) is 0 Å². The molecule has 0 aliphatic rings. The Balaban J connectivity index is 2.46. The second-order valence-electron chi connectivity index (χ2n) is 2.94. The van der Waals surface area contributed by atoms with Crippen molar-refractivity contribution in [2.75, 3.05) is 11.2 Å². The van der Waals surface area contributed by atoms with Crippen LogP contribution in [0.1, 0.15) is 19.8 Å². The first-order valence-electron chi connectivity index (χ1n) is 4.60. The van der Waals surface area contributed by atoms with Crippen molar-refractivity contribution >= 4 is 17.4 Å². The highest BCUT2D eigenvalue weighted by atomic mass is 35.5. The van der Waals surface area contributed by atoms with Crippen molar-refractivity contribution < 1.29 is 0 Å². The van der Waals surface area contributed by atoms with Gasteiger partial charge in [0.05, 0.1) is 0 Å². The van der Waals surface area contributed by atoms with Crippen LogP contribution in [0.3, 0.4) is 0 Å². The Morgan fingerprint density at radius 3 is 2.92 bits per heavy atom. The van der Waals surface area contributed by atoms with Crippen molar-refractivity contribution in [3.8, 4) is 0 Å². The molecule has 0 fully saturated rings. The van der Waals surface area contributed by atoms with Gasteiger partial charge in [-0.25, -0.2) is 4.98 Å². The lowest BCUT2D eigenvalue weighted by molar-refractivity contribution is 0.672. The molecule has 1 aromatic rings. The molecule has 2 nitrogen and oxygen atoms in total. The summed E-state index contributed by atoms with van der Waals surface area (Å²) in [6.45, 7) is 2.15. The summed E-state index contributed by atoms with van der Waals surface area (Å²) < 4.78 is 0. The van der Waals surface area contributed by atoms with Crippen LogP contribution in [0.15, 0.2) is 24.4 Å². The first-order chi connectivity index (χ1) is 6.36. The Hall–Kier alpha value is -0.760. The second-order valence-corrected chi connectivity index (χ2v) is 3.32. The Bertz CT molecular complexity index is 226. The lowest BCUT2D eigenvalue weighted by atomic mass is 10.2. The third-order valence-electron chi connectivity index (χ3n) is 1.97. The predicted octanol–water partition coefficient (Wildman–Crippen LogP) is 2.90. The minimum atomic E-state index is 0.437. The number of rotatable bonds is 5. The molecule has 0 saturated carbocycles. The second kappa shape index (κ2) is 5.81. The number of aromatic nitrogens is 1. The number of hydrogen-bond acceptors (Lipinski definition) is 2. The molecule has 0 aliphatic carbocycles. The third-order valence-corrected chi connectivity index (χ3v) is 2.19. The molecule has 1 rings (SSSR count). The Kier molecular flexibility index (Phi) is 4.61. The molecule has 1 unspecified atom stereocenters. The van der Waals surface area contributed by atoms with Gasteiger partial charge in [-0.15, -0.1) is 11.6 Å². The lowest BCUT2D eigenvalue weighted by Gasteiger charge is -2.15. The van der Waals surface area contributed by atoms with Gasteiger partial charge in [0.15, 0.2) is 0 Å². The SMILES string of the molecule is CCC(CCCl)Nc1ccccn1. The van der Waals surface area contributed by atoms with Gasteiger partial charge in [0.2, 0.25) is 0 Å². The molecule has 0 radical (unpaired) electrons. The normalized spacial score (nSPS) is 12.5. The van der Waals surface area contributed by atoms with E-state index in [0.717, 1.165) is 18.7 Å². The average molecular weight is 199 g/mol. The quantitative estimate of drug-likeness (QED) is 0.736. The van der Waals surface area contributed by atoms with E-state index in [1.165, 1.54) is 0 Å². The maximum atomic E-state index is 5.68. The van der Waals surface area contributed by atoms with Crippen LogP contribution in [0.4, 0.5) is 5.82 Å². The van der Waals surface area contributed by atoms with Crippen molar-refractivity contribution in [2.24, 2.45) is 0 Å². The van der Waals surface area contributed by atoms with E-state index in [9.17, 15) is 0 Å². The standard InChI is InChI=1S/C10H15ClN2/c1-2-9(6-7-11)13-10-5-3-4-8-12-10/h3-5,8-9H,2,6-7H2,1H3,(H,12,13). The molecule has 13 heavy (non-hydrogen) atoms. The molecule has 1 atom stereocenters. The largest absolute Gasteiger partial charge is 0.367 e. The van der Waals surface area contributed by atoms with Crippen LogP contribution in [0.25, 0.3) is 0 Å². The third kappa shape index (κ3) is 3.64. The van der Waals surface area contributed by atoms with Crippen LogP contribution < -0.4 is 5.32 Å². The average Bonchev–Trinajstić information content (AvgIpc) is 2.19. The Labute approximate surface area is 84.3 Å². The van der Waals surface area contributed by atoms with Crippen LogP contribution in [-0.4, -0.2) is 16.9 Å². The molecule has 0 aromatic carbocycles. The Morgan fingerprint density at radius 2 is 2.38 bits per heavy atom. The summed E-state index contributed by atoms with van der Waals surface area (Å²) in [4.78, 5) is 4.19. The number of alkyl halides is 1. The van der Waals surface area contributed by atoms with Gasteiger partial charge >= 0.3 is 0 Å². The van der Waals surface area contributed by atoms with E-state index in [1.807, 2.05) is 18.2 Å². The summed E-state index contributed by atoms with van der Waals surface area (Å²) in [7, 11) is 0. The van der Waals surface area contributed by atoms with Crippen LogP contribution in [0.2, 0.25) is 0 Å². The van der Waals surface area contributed by atoms with Crippen molar-refractivity contribution in [1.82, 2.24) is 4.98 Å². The monoisotopic (exact) mass is 198 g/mol. The first-order valence-corrected chi connectivity index (χ1v) is 5.13. The van der Waals surface area contributed by atoms with E-state index >= 15 is 0 Å². The van der Waals surface area contributed by atoms with Gasteiger partial charge in [-0.2, -0.15) is 0 Å². The summed E-state index contributed by atoms with van der Waals surface area (Å²) in [5.74, 6) is 1.62. The molecule has 1 N–H and O–H groups in total. The lowest BCUT2D eigenvalue weighted by Crippen LogP contribution is -2.19. The smallest absolute Gasteiger partial charge is 0.126 e. The number of hydrogen-bond donors (Lipinski definition) is 1. The van der Waals surface area contributed by atoms with E-state index in [1.54, 1.807) is 6.20 Å². The van der Waals surface area contributed by atoms with Crippen LogP contribution in [-0.2, 0) is 0 Å². The highest BCUT2D eigenvalue weighted by Crippen LogP contribution is 2.08. The minimum Gasteiger partial charge on any atom is -0.367 e. The zero-order valence-corrected chi connectivity index (χ0v) is 8.59. The van der Waals surface area contributed by atoms with Crippen molar-refractivity contribution in [3.05, 3.63) is 24.4 Å². The number of pyridine rings is 1. The fraction of sp³-hybridized carbons (Fsp3) is 0.500. The molecule has 0 bridgehead atoms. The topological polar surface area (TPSA) is 24.9 Å². The Morgan fingerprint density at radius 1 is 1.54 bits per heavy atom. The van der Waals surface area contributed by atoms with Gasteiger partial charge in [0, 0.05) is 18.1 Å². The molecule has 1 aromatic heterocycles. The molecule has 0 aliphatic heterocycles. The fourth-order valence-electron chi connectivity index (χ4n) is 1.17. The maximum Gasteiger partial charge on any atom is 0.126 e. The first kappa shape index (κ1) is 10.3. The van der Waals surface area contributed by atoms with Gasteiger partial charge in [-0.3, -0.25) is 0 Å². The van der Waals surface area contributed by atoms with Crippen molar-refractivity contribution in [3.63, 3.8) is 0 Å². The molecule has 3 heteroatoms. The highest BCUT2D eigenvalue weighted by Gasteiger charge is 2.04. The molecular weight excluding hydrogens is 184 g/mol. The minimum absolute atomic E-state index is 0.437. The zero-order chi connectivity index (χ0) is 9.52. The van der Waals surface area contributed by atoms with E-state index in [2.05, 4.69) is 17.2 Å². The van der Waals surface area contributed by atoms with Gasteiger partial charge in [0.1, 0.15) is 5.82 Å². The zero-order valence-electron chi connectivity index (χ0n) is 7.83. The van der Waals surface area contributed by atoms with E-state index in [4.69, 9.17) is 11.6 Å². The van der Waals surface area contributed by atoms with Gasteiger partial charge in [-0.1, -0.05) is 13.0 Å². The molecule has 72 valence electrons. The predicted molar refractivity (Wildman–Crippen MR) is 57.3 cm³/mol. The van der Waals surface area contributed by atoms with Crippen molar-refractivity contribution in [1.29, 1.82) is 0 Å². The van der Waals surface area contributed by atoms with Crippen LogP contribution >= 0.6 is 11.6 Å². The highest BCUT2D eigenvalue weighted by molar-refractivity contribution is 6.17. The molecule has 1 heterocycles. The van der Waals surface area contributed by atoms with Gasteiger partial charge in [-0.05, 0) is 25.0 Å². The number of anilines is 1. The van der Waals surface area contributed by atoms with Crippen LogP contribution in [0, 0.1) is 0 Å². The summed E-state index contributed by atoms with van der Waals surface area (Å²) >= 11 is 5.68. The molecular formula is C10H15ClN2. The summed E-state index contributed by atoms with van der Waals surface area (Å²) in [6, 6.07) is 6.29. The summed E-state index contributed by atoms with van der Waals surface area (Å²) in [6.07, 6.45) is 3.84. The van der Waals surface area contributed by atoms with E-state index in [-0.39, 0.29) is 0 Å². The van der Waals surface area contributed by atoms with E-state index in [0.29, 0.717) is 11.9 Å². The summed E-state index contributed by atoms with van der Waals surface area (Å²) in [5, 5.41) is 3.33. The number of halogens is 1. The number of nitrogens with zero attached hydrogens (tertiary/aromatic N) is 1. The van der Waals surface area contributed by atoms with Gasteiger partial charge < -0.3 is 5.32 Å². The molecule has 0 spiro atoms. The van der Waals surface area contributed by atoms with E-state index < -0.39 is 0 Å². The van der Waals surface area contributed by atoms with Crippen molar-refractivity contribution in [2.45, 2.75) is 25.8 Å². The summed E-state index contributed by atoms with van der Waals surface area (Å²) in [5.41, 5.74) is 0. The molecule has 0 amide bonds.